The zero-order valence-corrected chi connectivity index (χ0v) is 13.5. The molecule has 3 rings (SSSR count). The molecular weight excluding hydrogens is 320 g/mol. The molecule has 2 aliphatic rings. The molecule has 2 atom stereocenters. The molecule has 23 heavy (non-hydrogen) atoms. The predicted molar refractivity (Wildman–Crippen MR) is 82.8 cm³/mol. The van der Waals surface area contributed by atoms with Crippen molar-refractivity contribution in [2.45, 2.75) is 44.5 Å². The van der Waals surface area contributed by atoms with Crippen molar-refractivity contribution in [3.8, 4) is 0 Å². The summed E-state index contributed by atoms with van der Waals surface area (Å²) in [4.78, 5) is 11.4. The van der Waals surface area contributed by atoms with Gasteiger partial charge in [0, 0.05) is 26.1 Å². The lowest BCUT2D eigenvalue weighted by Gasteiger charge is -2.22. The molecule has 2 N–H and O–H groups in total. The molecule has 0 aliphatic carbocycles. The van der Waals surface area contributed by atoms with Gasteiger partial charge in [-0.1, -0.05) is 24.3 Å². The summed E-state index contributed by atoms with van der Waals surface area (Å²) in [6.07, 6.45) is 1.59. The summed E-state index contributed by atoms with van der Waals surface area (Å²) in [5.41, 5.74) is 1.90. The number of hydrogen-bond acceptors (Lipinski definition) is 4. The first-order valence-corrected chi connectivity index (χ1v) is 9.08. The minimum absolute atomic E-state index is 0.148. The molecule has 0 saturated carbocycles. The number of ether oxygens (including phenoxy) is 1. The van der Waals surface area contributed by atoms with Crippen molar-refractivity contribution in [3.05, 3.63) is 35.4 Å². The molecule has 0 amide bonds. The average molecular weight is 340 g/mol. The van der Waals surface area contributed by atoms with Crippen LogP contribution in [-0.4, -0.2) is 42.6 Å². The quantitative estimate of drug-likeness (QED) is 0.801. The third-order valence-corrected chi connectivity index (χ3v) is 5.78. The van der Waals surface area contributed by atoms with Gasteiger partial charge < -0.3 is 9.84 Å². The monoisotopic (exact) mass is 340 g/mol. The summed E-state index contributed by atoms with van der Waals surface area (Å²) in [5.74, 6) is -1.18. The second-order valence-corrected chi connectivity index (χ2v) is 7.62. The zero-order chi connectivity index (χ0) is 16.4. The number of carboxylic acid groups (broad SMARTS) is 1. The Morgan fingerprint density at radius 1 is 1.35 bits per heavy atom. The Bertz CT molecular complexity index is 660. The lowest BCUT2D eigenvalue weighted by molar-refractivity contribution is -0.139. The highest BCUT2D eigenvalue weighted by Gasteiger charge is 2.34. The third kappa shape index (κ3) is 3.72. The van der Waals surface area contributed by atoms with Crippen LogP contribution in [0.15, 0.2) is 24.3 Å². The van der Waals surface area contributed by atoms with Crippen molar-refractivity contribution in [2.24, 2.45) is 0 Å². The molecule has 0 bridgehead atoms. The summed E-state index contributed by atoms with van der Waals surface area (Å²) < 4.78 is 34.0. The molecule has 126 valence electrons. The van der Waals surface area contributed by atoms with Gasteiger partial charge in [-0.3, -0.25) is 4.79 Å². The van der Waals surface area contributed by atoms with Crippen LogP contribution in [0.2, 0.25) is 0 Å². The van der Waals surface area contributed by atoms with Crippen LogP contribution in [0.25, 0.3) is 0 Å². The van der Waals surface area contributed by atoms with Crippen molar-refractivity contribution in [1.29, 1.82) is 0 Å². The average Bonchev–Trinajstić information content (AvgIpc) is 3.15. The topological polar surface area (TPSA) is 95.9 Å². The number of hydrogen-bond donors (Lipinski definition) is 2. The molecule has 7 nitrogen and oxygen atoms in total. The maximum Gasteiger partial charge on any atom is 0.321 e. The first-order valence-electron chi connectivity index (χ1n) is 7.64. The zero-order valence-electron chi connectivity index (χ0n) is 12.6. The van der Waals surface area contributed by atoms with Crippen LogP contribution in [0.5, 0.6) is 0 Å². The molecule has 0 radical (unpaired) electrons. The van der Waals surface area contributed by atoms with Crippen LogP contribution in [0.4, 0.5) is 0 Å². The summed E-state index contributed by atoms with van der Waals surface area (Å²) >= 11 is 0. The van der Waals surface area contributed by atoms with Gasteiger partial charge in [-0.05, 0) is 24.0 Å². The number of benzene rings is 1. The van der Waals surface area contributed by atoms with E-state index in [4.69, 9.17) is 4.74 Å². The minimum atomic E-state index is -3.87. The number of carbonyl (C=O) groups is 1. The molecule has 1 fully saturated rings. The largest absolute Gasteiger partial charge is 0.480 e. The molecule has 1 aromatic carbocycles. The Labute approximate surface area is 135 Å². The van der Waals surface area contributed by atoms with Crippen LogP contribution < -0.4 is 4.72 Å². The number of rotatable bonds is 6. The summed E-state index contributed by atoms with van der Waals surface area (Å²) in [5, 5.41) is 9.31. The highest BCUT2D eigenvalue weighted by atomic mass is 32.2. The predicted octanol–water partition coefficient (Wildman–Crippen LogP) is 0.859. The van der Waals surface area contributed by atoms with Crippen molar-refractivity contribution >= 4 is 16.2 Å². The Morgan fingerprint density at radius 3 is 2.52 bits per heavy atom. The summed E-state index contributed by atoms with van der Waals surface area (Å²) in [6.45, 7) is 1.13. The van der Waals surface area contributed by atoms with Gasteiger partial charge in [-0.25, -0.2) is 0 Å². The summed E-state index contributed by atoms with van der Waals surface area (Å²) in [7, 11) is -3.87. The second-order valence-electron chi connectivity index (χ2n) is 5.92. The fourth-order valence-corrected chi connectivity index (χ4v) is 4.34. The van der Waals surface area contributed by atoms with Gasteiger partial charge in [-0.2, -0.15) is 17.4 Å². The SMILES string of the molecule is O=C(O)C(C[C@H]1CCCO1)NS(=O)(=O)N1Cc2ccccc2C1. The van der Waals surface area contributed by atoms with Gasteiger partial charge in [-0.15, -0.1) is 0 Å². The van der Waals surface area contributed by atoms with Gasteiger partial charge in [0.15, 0.2) is 0 Å². The molecular formula is C15H20N2O5S. The van der Waals surface area contributed by atoms with Crippen LogP contribution in [0.1, 0.15) is 30.4 Å². The molecule has 1 unspecified atom stereocenters. The van der Waals surface area contributed by atoms with E-state index in [1.54, 1.807) is 0 Å². The maximum atomic E-state index is 12.5. The number of fused-ring (bicyclic) bond motifs is 1. The fraction of sp³-hybridized carbons (Fsp3) is 0.533. The molecule has 0 aromatic heterocycles. The van der Waals surface area contributed by atoms with Gasteiger partial charge in [0.05, 0.1) is 6.10 Å². The second kappa shape index (κ2) is 6.56. The van der Waals surface area contributed by atoms with Gasteiger partial charge in [0.25, 0.3) is 10.2 Å². The Balaban J connectivity index is 1.68. The van der Waals surface area contributed by atoms with E-state index in [9.17, 15) is 18.3 Å². The highest BCUT2D eigenvalue weighted by Crippen LogP contribution is 2.25. The van der Waals surface area contributed by atoms with E-state index >= 15 is 0 Å². The highest BCUT2D eigenvalue weighted by molar-refractivity contribution is 7.87. The van der Waals surface area contributed by atoms with E-state index < -0.39 is 22.2 Å². The third-order valence-electron chi connectivity index (χ3n) is 4.26. The van der Waals surface area contributed by atoms with Crippen LogP contribution in [-0.2, 0) is 32.8 Å². The molecule has 2 aliphatic heterocycles. The first kappa shape index (κ1) is 16.4. The smallest absolute Gasteiger partial charge is 0.321 e. The van der Waals surface area contributed by atoms with Gasteiger partial charge in [0.1, 0.15) is 6.04 Å². The fourth-order valence-electron chi connectivity index (χ4n) is 3.02. The molecule has 1 saturated heterocycles. The maximum absolute atomic E-state index is 12.5. The number of aliphatic carboxylic acids is 1. The Morgan fingerprint density at radius 2 is 2.00 bits per heavy atom. The minimum Gasteiger partial charge on any atom is -0.480 e. The Hall–Kier alpha value is -1.48. The number of carboxylic acids is 1. The van der Waals surface area contributed by atoms with Crippen LogP contribution in [0, 0.1) is 0 Å². The van der Waals surface area contributed by atoms with E-state index in [-0.39, 0.29) is 25.6 Å². The van der Waals surface area contributed by atoms with Crippen molar-refractivity contribution in [2.75, 3.05) is 6.61 Å². The Kier molecular flexibility index (Phi) is 4.67. The standard InChI is InChI=1S/C15H20N2O5S/c18-15(19)14(8-13-6-3-7-22-13)16-23(20,21)17-9-11-4-1-2-5-12(11)10-17/h1-2,4-5,13-14,16H,3,6-10H2,(H,18,19)/t13-,14?/m1/s1. The lowest BCUT2D eigenvalue weighted by atomic mass is 10.1. The van der Waals surface area contributed by atoms with Crippen molar-refractivity contribution in [1.82, 2.24) is 9.03 Å². The van der Waals surface area contributed by atoms with E-state index in [0.29, 0.717) is 6.61 Å². The van der Waals surface area contributed by atoms with Crippen molar-refractivity contribution in [3.63, 3.8) is 0 Å². The van der Waals surface area contributed by atoms with E-state index in [2.05, 4.69) is 4.72 Å². The van der Waals surface area contributed by atoms with Gasteiger partial charge in [0.2, 0.25) is 0 Å². The molecule has 8 heteroatoms. The lowest BCUT2D eigenvalue weighted by Crippen LogP contribution is -2.48. The molecule has 0 spiro atoms. The number of nitrogens with one attached hydrogen (secondary N) is 1. The summed E-state index contributed by atoms with van der Waals surface area (Å²) in [6, 6.07) is 6.31. The first-order chi connectivity index (χ1) is 11.0. The van der Waals surface area contributed by atoms with E-state index in [1.807, 2.05) is 24.3 Å². The number of nitrogens with zero attached hydrogens (tertiary/aromatic N) is 1. The molecule has 1 aromatic rings. The van der Waals surface area contributed by atoms with Crippen molar-refractivity contribution < 1.29 is 23.1 Å². The van der Waals surface area contributed by atoms with Crippen LogP contribution in [0.3, 0.4) is 0 Å². The van der Waals surface area contributed by atoms with Crippen LogP contribution >= 0.6 is 0 Å². The van der Waals surface area contributed by atoms with E-state index in [0.717, 1.165) is 24.0 Å². The normalized spacial score (nSPS) is 22.9. The van der Waals surface area contributed by atoms with E-state index in [1.165, 1.54) is 4.31 Å². The molecule has 2 heterocycles. The van der Waals surface area contributed by atoms with Gasteiger partial charge >= 0.3 is 5.97 Å².